The summed E-state index contributed by atoms with van der Waals surface area (Å²) in [5.41, 5.74) is 4.17. The van der Waals surface area contributed by atoms with E-state index in [2.05, 4.69) is 10.5 Å². The second kappa shape index (κ2) is 8.12. The Bertz CT molecular complexity index is 853. The van der Waals surface area contributed by atoms with Crippen LogP contribution in [0.1, 0.15) is 68.1 Å². The Labute approximate surface area is 160 Å². The van der Waals surface area contributed by atoms with Crippen LogP contribution in [0.4, 0.5) is 0 Å². The van der Waals surface area contributed by atoms with E-state index in [1.165, 1.54) is 44.9 Å². The predicted molar refractivity (Wildman–Crippen MR) is 109 cm³/mol. The van der Waals surface area contributed by atoms with Crippen LogP contribution in [0.5, 0.6) is 5.75 Å². The highest BCUT2D eigenvalue weighted by molar-refractivity contribution is 6.02. The van der Waals surface area contributed by atoms with Crippen molar-refractivity contribution in [2.45, 2.75) is 57.8 Å². The van der Waals surface area contributed by atoms with Gasteiger partial charge >= 0.3 is 0 Å². The van der Waals surface area contributed by atoms with E-state index in [1.54, 1.807) is 12.1 Å². The number of hydrazone groups is 1. The van der Waals surface area contributed by atoms with Crippen molar-refractivity contribution >= 4 is 22.4 Å². The summed E-state index contributed by atoms with van der Waals surface area (Å²) in [6.07, 6.45) is 11.2. The molecule has 1 atom stereocenters. The summed E-state index contributed by atoms with van der Waals surface area (Å²) in [5, 5.41) is 16.7. The Kier molecular flexibility index (Phi) is 5.42. The average molecular weight is 364 g/mol. The lowest BCUT2D eigenvalue weighted by Gasteiger charge is -2.33. The van der Waals surface area contributed by atoms with E-state index in [1.807, 2.05) is 24.3 Å². The number of hydrogen-bond donors (Lipinski definition) is 2. The first kappa shape index (κ1) is 18.0. The lowest BCUT2D eigenvalue weighted by molar-refractivity contribution is 0.0951. The van der Waals surface area contributed by atoms with Gasteiger partial charge in [-0.1, -0.05) is 49.9 Å². The molecule has 142 valence electrons. The van der Waals surface area contributed by atoms with Gasteiger partial charge in [-0.25, -0.2) is 5.43 Å². The quantitative estimate of drug-likeness (QED) is 0.716. The fraction of sp³-hybridized carbons (Fsp3) is 0.478. The highest BCUT2D eigenvalue weighted by Crippen LogP contribution is 2.37. The van der Waals surface area contributed by atoms with Crippen LogP contribution in [0.15, 0.2) is 41.5 Å². The highest BCUT2D eigenvalue weighted by Gasteiger charge is 2.30. The van der Waals surface area contributed by atoms with Crippen molar-refractivity contribution in [3.8, 4) is 5.75 Å². The Morgan fingerprint density at radius 3 is 2.44 bits per heavy atom. The third-order valence-corrected chi connectivity index (χ3v) is 6.25. The molecule has 1 amide bonds. The monoisotopic (exact) mass is 364 g/mol. The van der Waals surface area contributed by atoms with Crippen molar-refractivity contribution in [3.05, 3.63) is 42.0 Å². The number of phenolic OH excluding ortho intramolecular Hbond substituents is 1. The molecule has 2 aliphatic rings. The Balaban J connectivity index is 1.52. The maximum atomic E-state index is 12.7. The van der Waals surface area contributed by atoms with Gasteiger partial charge in [-0.05, 0) is 60.9 Å². The molecule has 4 nitrogen and oxygen atoms in total. The number of rotatable bonds is 3. The number of fused-ring (bicyclic) bond motifs is 1. The summed E-state index contributed by atoms with van der Waals surface area (Å²) < 4.78 is 0. The van der Waals surface area contributed by atoms with Gasteiger partial charge in [-0.2, -0.15) is 5.10 Å². The second-order valence-electron chi connectivity index (χ2n) is 8.01. The van der Waals surface area contributed by atoms with Crippen LogP contribution < -0.4 is 5.43 Å². The molecular weight excluding hydrogens is 336 g/mol. The molecule has 4 rings (SSSR count). The molecule has 2 N–H and O–H groups in total. The molecule has 2 aliphatic carbocycles. The fourth-order valence-corrected chi connectivity index (χ4v) is 4.80. The van der Waals surface area contributed by atoms with Gasteiger partial charge in [-0.15, -0.1) is 0 Å². The van der Waals surface area contributed by atoms with Crippen LogP contribution in [-0.2, 0) is 0 Å². The largest absolute Gasteiger partial charge is 0.507 e. The van der Waals surface area contributed by atoms with Gasteiger partial charge in [-0.3, -0.25) is 4.79 Å². The van der Waals surface area contributed by atoms with Crippen molar-refractivity contribution in [1.29, 1.82) is 0 Å². The summed E-state index contributed by atoms with van der Waals surface area (Å²) in [5.74, 6) is 0.908. The van der Waals surface area contributed by atoms with Crippen molar-refractivity contribution in [2.24, 2.45) is 16.9 Å². The molecule has 27 heavy (non-hydrogen) atoms. The van der Waals surface area contributed by atoms with Gasteiger partial charge in [0.15, 0.2) is 0 Å². The molecule has 0 aromatic heterocycles. The maximum absolute atomic E-state index is 12.7. The zero-order valence-corrected chi connectivity index (χ0v) is 15.8. The highest BCUT2D eigenvalue weighted by atomic mass is 16.3. The Hall–Kier alpha value is -2.36. The molecule has 0 bridgehead atoms. The number of nitrogens with one attached hydrogen (secondary N) is 1. The van der Waals surface area contributed by atoms with E-state index in [-0.39, 0.29) is 17.2 Å². The summed E-state index contributed by atoms with van der Waals surface area (Å²) in [4.78, 5) is 12.7. The predicted octanol–water partition coefficient (Wildman–Crippen LogP) is 5.40. The van der Waals surface area contributed by atoms with Crippen LogP contribution in [0, 0.1) is 11.8 Å². The number of benzene rings is 2. The molecule has 2 aromatic rings. The normalized spacial score (nSPS) is 22.8. The van der Waals surface area contributed by atoms with Crippen LogP contribution >= 0.6 is 0 Å². The molecule has 0 saturated heterocycles. The van der Waals surface area contributed by atoms with E-state index in [9.17, 15) is 9.90 Å². The molecule has 2 aromatic carbocycles. The number of aromatic hydroxyl groups is 1. The van der Waals surface area contributed by atoms with Gasteiger partial charge < -0.3 is 5.11 Å². The number of amides is 1. The van der Waals surface area contributed by atoms with Gasteiger partial charge in [0.1, 0.15) is 5.75 Å². The summed E-state index contributed by atoms with van der Waals surface area (Å²) in [6.45, 7) is 0. The maximum Gasteiger partial charge on any atom is 0.275 e. The summed E-state index contributed by atoms with van der Waals surface area (Å²) in [7, 11) is 0. The van der Waals surface area contributed by atoms with Gasteiger partial charge in [0.2, 0.25) is 0 Å². The molecule has 4 heteroatoms. The Morgan fingerprint density at radius 2 is 1.67 bits per heavy atom. The molecule has 0 radical (unpaired) electrons. The topological polar surface area (TPSA) is 61.7 Å². The van der Waals surface area contributed by atoms with Crippen molar-refractivity contribution < 1.29 is 9.90 Å². The van der Waals surface area contributed by atoms with E-state index >= 15 is 0 Å². The van der Waals surface area contributed by atoms with Gasteiger partial charge in [0.05, 0.1) is 5.56 Å². The molecule has 0 spiro atoms. The van der Waals surface area contributed by atoms with E-state index in [4.69, 9.17) is 0 Å². The average Bonchev–Trinajstić information content (AvgIpc) is 2.72. The SMILES string of the molecule is O=C(N/N=C1/CCCCC1C1CCCCC1)c1cc2ccccc2cc1O. The minimum atomic E-state index is -0.335. The lowest BCUT2D eigenvalue weighted by Crippen LogP contribution is -2.31. The van der Waals surface area contributed by atoms with Gasteiger partial charge in [0, 0.05) is 11.6 Å². The van der Waals surface area contributed by atoms with Crippen molar-refractivity contribution in [1.82, 2.24) is 5.43 Å². The number of nitrogens with zero attached hydrogens (tertiary/aromatic N) is 1. The van der Waals surface area contributed by atoms with Crippen molar-refractivity contribution in [2.75, 3.05) is 0 Å². The first-order valence-electron chi connectivity index (χ1n) is 10.3. The standard InChI is InChI=1S/C23H28N2O2/c26-22-15-18-11-5-4-10-17(18)14-20(22)23(27)25-24-21-13-7-6-12-19(21)16-8-2-1-3-9-16/h4-5,10-11,14-16,19,26H,1-3,6-9,12-13H2,(H,25,27)/b24-21-. The van der Waals surface area contributed by atoms with Crippen LogP contribution in [0.3, 0.4) is 0 Å². The van der Waals surface area contributed by atoms with Crippen LogP contribution in [0.25, 0.3) is 10.8 Å². The minimum Gasteiger partial charge on any atom is -0.507 e. The number of phenols is 1. The smallest absolute Gasteiger partial charge is 0.275 e. The fourth-order valence-electron chi connectivity index (χ4n) is 4.80. The summed E-state index contributed by atoms with van der Waals surface area (Å²) >= 11 is 0. The molecule has 2 fully saturated rings. The summed E-state index contributed by atoms with van der Waals surface area (Å²) in [6, 6.07) is 11.1. The number of carbonyl (C=O) groups excluding carboxylic acids is 1. The van der Waals surface area contributed by atoms with E-state index < -0.39 is 0 Å². The lowest BCUT2D eigenvalue weighted by atomic mass is 9.72. The molecule has 1 unspecified atom stereocenters. The van der Waals surface area contributed by atoms with Crippen LogP contribution in [-0.4, -0.2) is 16.7 Å². The zero-order chi connectivity index (χ0) is 18.6. The third kappa shape index (κ3) is 4.00. The number of hydrogen-bond acceptors (Lipinski definition) is 3. The molecule has 0 aliphatic heterocycles. The first-order valence-corrected chi connectivity index (χ1v) is 10.3. The molecular formula is C23H28N2O2. The zero-order valence-electron chi connectivity index (χ0n) is 15.8. The number of carbonyl (C=O) groups is 1. The van der Waals surface area contributed by atoms with E-state index in [0.29, 0.717) is 5.92 Å². The second-order valence-corrected chi connectivity index (χ2v) is 8.01. The van der Waals surface area contributed by atoms with Crippen molar-refractivity contribution in [3.63, 3.8) is 0 Å². The van der Waals surface area contributed by atoms with E-state index in [0.717, 1.165) is 35.2 Å². The molecule has 2 saturated carbocycles. The Morgan fingerprint density at radius 1 is 0.963 bits per heavy atom. The first-order chi connectivity index (χ1) is 13.2. The van der Waals surface area contributed by atoms with Crippen LogP contribution in [0.2, 0.25) is 0 Å². The van der Waals surface area contributed by atoms with Gasteiger partial charge in [0.25, 0.3) is 5.91 Å². The molecule has 0 heterocycles. The minimum absolute atomic E-state index is 0.00104. The third-order valence-electron chi connectivity index (χ3n) is 6.25.